The van der Waals surface area contributed by atoms with Crippen molar-refractivity contribution in [3.8, 4) is 0 Å². The first-order valence-electron chi connectivity index (χ1n) is 11.3. The number of likely N-dealkylation sites (N-methyl/N-ethyl adjacent to an activating group) is 1. The first kappa shape index (κ1) is 24.7. The second kappa shape index (κ2) is 11.3. The minimum absolute atomic E-state index is 0.0330. The lowest BCUT2D eigenvalue weighted by Crippen LogP contribution is -2.44. The fourth-order valence-electron chi connectivity index (χ4n) is 3.80. The van der Waals surface area contributed by atoms with Gasteiger partial charge in [-0.1, -0.05) is 18.2 Å². The van der Waals surface area contributed by atoms with Gasteiger partial charge in [-0.25, -0.2) is 0 Å². The molecule has 0 saturated carbocycles. The number of aryl methyl sites for hydroxylation is 1. The summed E-state index contributed by atoms with van der Waals surface area (Å²) in [6, 6.07) is 12.7. The Kier molecular flexibility index (Phi) is 8.43. The smallest absolute Gasteiger partial charge is 0.252 e. The van der Waals surface area contributed by atoms with E-state index in [1.54, 1.807) is 18.2 Å². The molecule has 2 aromatic carbocycles. The van der Waals surface area contributed by atoms with Crippen LogP contribution in [0, 0.1) is 6.92 Å². The molecule has 2 amide bonds. The Morgan fingerprint density at radius 1 is 1.06 bits per heavy atom. The standard InChI is InChI=1S/C25H34N4O4/c1-17-7-8-21(29-11-9-28(3)10-12-29)14-23(17)25(33)27-18(2)19-5-4-6-20(13-19)24(32)26-15-22(31)16-30/h4-8,13-14,18,22,30-31H,9-12,15-16H2,1-3H3,(H,26,32)(H,27,33). The van der Waals surface area contributed by atoms with E-state index in [2.05, 4.69) is 33.5 Å². The third kappa shape index (κ3) is 6.54. The van der Waals surface area contributed by atoms with Crippen LogP contribution in [-0.4, -0.2) is 79.4 Å². The van der Waals surface area contributed by atoms with Gasteiger partial charge in [-0.05, 0) is 56.3 Å². The largest absolute Gasteiger partial charge is 0.394 e. The van der Waals surface area contributed by atoms with Crippen LogP contribution < -0.4 is 15.5 Å². The lowest BCUT2D eigenvalue weighted by Gasteiger charge is -2.34. The SMILES string of the molecule is Cc1ccc(N2CCN(C)CC2)cc1C(=O)NC(C)c1cccc(C(=O)NCC(O)CO)c1. The van der Waals surface area contributed by atoms with E-state index < -0.39 is 12.7 Å². The van der Waals surface area contributed by atoms with Crippen LogP contribution >= 0.6 is 0 Å². The second-order valence-corrected chi connectivity index (χ2v) is 8.66. The van der Waals surface area contributed by atoms with E-state index in [1.165, 1.54) is 0 Å². The number of amides is 2. The van der Waals surface area contributed by atoms with Crippen molar-refractivity contribution in [1.82, 2.24) is 15.5 Å². The number of aliphatic hydroxyl groups excluding tert-OH is 2. The zero-order chi connectivity index (χ0) is 24.0. The number of hydrogen-bond acceptors (Lipinski definition) is 6. The molecule has 178 valence electrons. The maximum atomic E-state index is 13.1. The number of hydrogen-bond donors (Lipinski definition) is 4. The highest BCUT2D eigenvalue weighted by Crippen LogP contribution is 2.22. The molecule has 1 saturated heterocycles. The number of carbonyl (C=O) groups excluding carboxylic acids is 2. The number of rotatable bonds is 8. The molecule has 2 atom stereocenters. The van der Waals surface area contributed by atoms with Gasteiger partial charge in [0.1, 0.15) is 0 Å². The molecule has 1 aliphatic heterocycles. The number of piperazine rings is 1. The van der Waals surface area contributed by atoms with Crippen molar-refractivity contribution in [2.75, 3.05) is 51.3 Å². The molecule has 3 rings (SSSR count). The Morgan fingerprint density at radius 2 is 1.79 bits per heavy atom. The molecule has 8 heteroatoms. The highest BCUT2D eigenvalue weighted by Gasteiger charge is 2.19. The third-order valence-electron chi connectivity index (χ3n) is 6.04. The van der Waals surface area contributed by atoms with Gasteiger partial charge in [0, 0.05) is 49.5 Å². The number of aliphatic hydroxyl groups is 2. The quantitative estimate of drug-likeness (QED) is 0.480. The van der Waals surface area contributed by atoms with Crippen LogP contribution in [0.2, 0.25) is 0 Å². The Bertz CT molecular complexity index is 973. The fourth-order valence-corrected chi connectivity index (χ4v) is 3.80. The lowest BCUT2D eigenvalue weighted by atomic mass is 10.0. The molecule has 2 unspecified atom stereocenters. The van der Waals surface area contributed by atoms with Crippen LogP contribution in [0.1, 0.15) is 44.8 Å². The molecular weight excluding hydrogens is 420 g/mol. The normalized spacial score (nSPS) is 16.2. The molecule has 1 fully saturated rings. The zero-order valence-corrected chi connectivity index (χ0v) is 19.5. The molecule has 4 N–H and O–H groups in total. The summed E-state index contributed by atoms with van der Waals surface area (Å²) >= 11 is 0. The van der Waals surface area contributed by atoms with Gasteiger partial charge in [0.05, 0.1) is 18.8 Å². The minimum Gasteiger partial charge on any atom is -0.394 e. The van der Waals surface area contributed by atoms with Crippen LogP contribution in [0.5, 0.6) is 0 Å². The lowest BCUT2D eigenvalue weighted by molar-refractivity contribution is 0.0802. The van der Waals surface area contributed by atoms with E-state index in [0.29, 0.717) is 11.1 Å². The number of carbonyl (C=O) groups is 2. The molecule has 0 bridgehead atoms. The Morgan fingerprint density at radius 3 is 2.48 bits per heavy atom. The van der Waals surface area contributed by atoms with Crippen molar-refractivity contribution in [3.05, 3.63) is 64.7 Å². The van der Waals surface area contributed by atoms with E-state index in [0.717, 1.165) is 43.0 Å². The third-order valence-corrected chi connectivity index (χ3v) is 6.04. The van der Waals surface area contributed by atoms with Crippen molar-refractivity contribution in [3.63, 3.8) is 0 Å². The Labute approximate surface area is 195 Å². The summed E-state index contributed by atoms with van der Waals surface area (Å²) < 4.78 is 0. The first-order chi connectivity index (χ1) is 15.8. The van der Waals surface area contributed by atoms with Crippen molar-refractivity contribution >= 4 is 17.5 Å². The van der Waals surface area contributed by atoms with Gasteiger partial charge in [0.25, 0.3) is 11.8 Å². The molecule has 33 heavy (non-hydrogen) atoms. The summed E-state index contributed by atoms with van der Waals surface area (Å²) in [5.74, 6) is -0.504. The maximum Gasteiger partial charge on any atom is 0.252 e. The van der Waals surface area contributed by atoms with E-state index in [4.69, 9.17) is 5.11 Å². The molecule has 0 radical (unpaired) electrons. The molecule has 8 nitrogen and oxygen atoms in total. The Balaban J connectivity index is 1.68. The Hall–Kier alpha value is -2.94. The average molecular weight is 455 g/mol. The van der Waals surface area contributed by atoms with Gasteiger partial charge in [-0.15, -0.1) is 0 Å². The maximum absolute atomic E-state index is 13.1. The summed E-state index contributed by atoms with van der Waals surface area (Å²) in [5, 5.41) is 23.9. The van der Waals surface area contributed by atoms with Crippen molar-refractivity contribution in [1.29, 1.82) is 0 Å². The fraction of sp³-hybridized carbons (Fsp3) is 0.440. The van der Waals surface area contributed by atoms with Gasteiger partial charge in [-0.3, -0.25) is 9.59 Å². The number of anilines is 1. The van der Waals surface area contributed by atoms with E-state index in [9.17, 15) is 14.7 Å². The van der Waals surface area contributed by atoms with E-state index in [-0.39, 0.29) is 24.4 Å². The molecule has 0 spiro atoms. The summed E-state index contributed by atoms with van der Waals surface area (Å²) in [6.45, 7) is 7.21. The summed E-state index contributed by atoms with van der Waals surface area (Å²) in [4.78, 5) is 30.0. The van der Waals surface area contributed by atoms with Gasteiger partial charge < -0.3 is 30.6 Å². The van der Waals surface area contributed by atoms with Crippen molar-refractivity contribution in [2.45, 2.75) is 26.0 Å². The van der Waals surface area contributed by atoms with Crippen molar-refractivity contribution in [2.24, 2.45) is 0 Å². The molecular formula is C25H34N4O4. The monoisotopic (exact) mass is 454 g/mol. The highest BCUT2D eigenvalue weighted by atomic mass is 16.3. The summed E-state index contributed by atoms with van der Waals surface area (Å²) in [5.41, 5.74) is 3.83. The van der Waals surface area contributed by atoms with E-state index >= 15 is 0 Å². The number of nitrogens with zero attached hydrogens (tertiary/aromatic N) is 2. The molecule has 0 aromatic heterocycles. The molecule has 0 aliphatic carbocycles. The second-order valence-electron chi connectivity index (χ2n) is 8.66. The average Bonchev–Trinajstić information content (AvgIpc) is 2.83. The summed E-state index contributed by atoms with van der Waals surface area (Å²) in [6.07, 6.45) is -1.000. The van der Waals surface area contributed by atoms with E-state index in [1.807, 2.05) is 32.0 Å². The number of benzene rings is 2. The van der Waals surface area contributed by atoms with Crippen LogP contribution in [0.3, 0.4) is 0 Å². The first-order valence-corrected chi connectivity index (χ1v) is 11.3. The topological polar surface area (TPSA) is 105 Å². The van der Waals surface area contributed by atoms with Gasteiger partial charge in [0.2, 0.25) is 0 Å². The highest BCUT2D eigenvalue weighted by molar-refractivity contribution is 5.97. The van der Waals surface area contributed by atoms with Crippen LogP contribution in [0.4, 0.5) is 5.69 Å². The molecule has 1 aliphatic rings. The van der Waals surface area contributed by atoms with Crippen molar-refractivity contribution < 1.29 is 19.8 Å². The molecule has 2 aromatic rings. The van der Waals surface area contributed by atoms with Gasteiger partial charge >= 0.3 is 0 Å². The predicted octanol–water partition coefficient (Wildman–Crippen LogP) is 1.32. The number of nitrogens with one attached hydrogen (secondary N) is 2. The van der Waals surface area contributed by atoms with Crippen LogP contribution in [-0.2, 0) is 0 Å². The molecule has 1 heterocycles. The minimum atomic E-state index is -1.000. The van der Waals surface area contributed by atoms with Gasteiger partial charge in [0.15, 0.2) is 0 Å². The van der Waals surface area contributed by atoms with Crippen LogP contribution in [0.25, 0.3) is 0 Å². The zero-order valence-electron chi connectivity index (χ0n) is 19.5. The summed E-state index contributed by atoms with van der Waals surface area (Å²) in [7, 11) is 2.11. The predicted molar refractivity (Wildman–Crippen MR) is 129 cm³/mol. The van der Waals surface area contributed by atoms with Crippen LogP contribution in [0.15, 0.2) is 42.5 Å². The van der Waals surface area contributed by atoms with Gasteiger partial charge in [-0.2, -0.15) is 0 Å².